The van der Waals surface area contributed by atoms with Crippen LogP contribution < -0.4 is 0 Å². The Hall–Kier alpha value is -2.27. The third kappa shape index (κ3) is 4.61. The van der Waals surface area contributed by atoms with Crippen molar-refractivity contribution >= 4 is 5.91 Å². The average Bonchev–Trinajstić information content (AvgIpc) is 2.57. The lowest BCUT2D eigenvalue weighted by molar-refractivity contribution is -0.137. The van der Waals surface area contributed by atoms with E-state index in [0.29, 0.717) is 13.1 Å². The topological polar surface area (TPSA) is 36.4 Å². The van der Waals surface area contributed by atoms with Crippen LogP contribution in [0.25, 0.3) is 0 Å². The van der Waals surface area contributed by atoms with Crippen molar-refractivity contribution in [3.63, 3.8) is 0 Å². The molecule has 0 N–H and O–H groups in total. The number of rotatable bonds is 7. The van der Waals surface area contributed by atoms with Crippen LogP contribution in [0.15, 0.2) is 48.8 Å². The van der Waals surface area contributed by atoms with E-state index in [4.69, 9.17) is 0 Å². The Morgan fingerprint density at radius 3 is 2.46 bits per heavy atom. The van der Waals surface area contributed by atoms with E-state index in [1.54, 1.807) is 24.5 Å². The highest BCUT2D eigenvalue weighted by Gasteiger charge is 2.27. The van der Waals surface area contributed by atoms with Crippen molar-refractivity contribution < 1.29 is 9.18 Å². The van der Waals surface area contributed by atoms with Gasteiger partial charge in [0.1, 0.15) is 11.9 Å². The molecule has 0 radical (unpaired) electrons. The third-order valence-electron chi connectivity index (χ3n) is 3.84. The van der Waals surface area contributed by atoms with Gasteiger partial charge in [0.15, 0.2) is 0 Å². The van der Waals surface area contributed by atoms with Crippen molar-refractivity contribution in [3.8, 4) is 0 Å². The van der Waals surface area contributed by atoms with Crippen molar-refractivity contribution in [2.45, 2.75) is 25.9 Å². The van der Waals surface area contributed by atoms with Crippen LogP contribution in [-0.2, 0) is 11.3 Å². The molecule has 0 aliphatic heterocycles. The number of amides is 1. The number of pyridine rings is 1. The molecule has 4 nitrogen and oxygen atoms in total. The summed E-state index contributed by atoms with van der Waals surface area (Å²) in [7, 11) is 3.72. The molecule has 1 atom stereocenters. The Kier molecular flexibility index (Phi) is 6.44. The van der Waals surface area contributed by atoms with Gasteiger partial charge in [-0.25, -0.2) is 4.39 Å². The van der Waals surface area contributed by atoms with Crippen LogP contribution in [0, 0.1) is 5.82 Å². The summed E-state index contributed by atoms with van der Waals surface area (Å²) in [4.78, 5) is 21.0. The van der Waals surface area contributed by atoms with Crippen LogP contribution in [0.5, 0.6) is 0 Å². The Balaban J connectivity index is 2.25. The zero-order valence-electron chi connectivity index (χ0n) is 14.4. The van der Waals surface area contributed by atoms with Gasteiger partial charge in [0.2, 0.25) is 5.91 Å². The first-order chi connectivity index (χ1) is 11.5. The smallest absolute Gasteiger partial charge is 0.244 e. The summed E-state index contributed by atoms with van der Waals surface area (Å²) in [5, 5.41) is 0. The summed E-state index contributed by atoms with van der Waals surface area (Å²) in [5.41, 5.74) is 1.79. The fourth-order valence-electron chi connectivity index (χ4n) is 2.73. The van der Waals surface area contributed by atoms with Gasteiger partial charge in [0.05, 0.1) is 0 Å². The molecule has 1 amide bonds. The molecule has 0 aliphatic rings. The summed E-state index contributed by atoms with van der Waals surface area (Å²) in [6, 6.07) is 9.53. The van der Waals surface area contributed by atoms with Gasteiger partial charge >= 0.3 is 0 Å². The second kappa shape index (κ2) is 8.55. The van der Waals surface area contributed by atoms with Crippen LogP contribution in [0.1, 0.15) is 30.5 Å². The largest absolute Gasteiger partial charge is 0.337 e. The van der Waals surface area contributed by atoms with Crippen molar-refractivity contribution in [2.75, 3.05) is 20.6 Å². The molecule has 0 bridgehead atoms. The number of likely N-dealkylation sites (N-methyl/N-ethyl adjacent to an activating group) is 1. The summed E-state index contributed by atoms with van der Waals surface area (Å²) in [6.07, 6.45) is 4.37. The SMILES string of the molecule is CCCN(Cc1cccnc1)C(=O)[C@H](c1ccc(F)cc1)N(C)C. The van der Waals surface area contributed by atoms with E-state index in [2.05, 4.69) is 4.98 Å². The van der Waals surface area contributed by atoms with Gasteiger partial charge in [0.25, 0.3) is 0 Å². The summed E-state index contributed by atoms with van der Waals surface area (Å²) in [6.45, 7) is 3.23. The molecule has 2 rings (SSSR count). The first-order valence-electron chi connectivity index (χ1n) is 8.12. The van der Waals surface area contributed by atoms with Crippen molar-refractivity contribution in [2.24, 2.45) is 0 Å². The minimum absolute atomic E-state index is 0.0114. The van der Waals surface area contributed by atoms with Crippen LogP contribution >= 0.6 is 0 Å². The maximum atomic E-state index is 13.2. The highest BCUT2D eigenvalue weighted by molar-refractivity contribution is 5.83. The molecule has 5 heteroatoms. The average molecular weight is 329 g/mol. The number of benzene rings is 1. The lowest BCUT2D eigenvalue weighted by atomic mass is 10.0. The van der Waals surface area contributed by atoms with Crippen LogP contribution in [-0.4, -0.2) is 41.3 Å². The number of carbonyl (C=O) groups excluding carboxylic acids is 1. The molecular weight excluding hydrogens is 305 g/mol. The lowest BCUT2D eigenvalue weighted by Crippen LogP contribution is -2.40. The first-order valence-corrected chi connectivity index (χ1v) is 8.12. The van der Waals surface area contributed by atoms with Crippen LogP contribution in [0.2, 0.25) is 0 Å². The van der Waals surface area contributed by atoms with Gasteiger partial charge in [-0.15, -0.1) is 0 Å². The fourth-order valence-corrected chi connectivity index (χ4v) is 2.73. The fraction of sp³-hybridized carbons (Fsp3) is 0.368. The van der Waals surface area contributed by atoms with Crippen LogP contribution in [0.3, 0.4) is 0 Å². The maximum Gasteiger partial charge on any atom is 0.244 e. The van der Waals surface area contributed by atoms with Gasteiger partial charge in [-0.05, 0) is 49.8 Å². The zero-order valence-corrected chi connectivity index (χ0v) is 14.4. The summed E-state index contributed by atoms with van der Waals surface area (Å²) in [5.74, 6) is -0.290. The van der Waals surface area contributed by atoms with Crippen LogP contribution in [0.4, 0.5) is 4.39 Å². The number of aromatic nitrogens is 1. The van der Waals surface area contributed by atoms with Gasteiger partial charge < -0.3 is 4.90 Å². The standard InChI is InChI=1S/C19H24FN3O/c1-4-12-23(14-15-6-5-11-21-13-15)19(24)18(22(2)3)16-7-9-17(20)10-8-16/h5-11,13,18H,4,12,14H2,1-3H3/t18-/m0/s1. The molecule has 0 saturated carbocycles. The van der Waals surface area contributed by atoms with Gasteiger partial charge in [-0.2, -0.15) is 0 Å². The molecule has 2 aromatic rings. The minimum Gasteiger partial charge on any atom is -0.337 e. The maximum absolute atomic E-state index is 13.2. The van der Waals surface area contributed by atoms with E-state index in [1.807, 2.05) is 43.0 Å². The Labute approximate surface area is 142 Å². The normalized spacial score (nSPS) is 12.2. The van der Waals surface area contributed by atoms with Crippen molar-refractivity contribution in [1.82, 2.24) is 14.8 Å². The monoisotopic (exact) mass is 329 g/mol. The lowest BCUT2D eigenvalue weighted by Gasteiger charge is -2.31. The van der Waals surface area contributed by atoms with E-state index in [9.17, 15) is 9.18 Å². The van der Waals surface area contributed by atoms with E-state index in [1.165, 1.54) is 12.1 Å². The predicted molar refractivity (Wildman–Crippen MR) is 92.8 cm³/mol. The van der Waals surface area contributed by atoms with Gasteiger partial charge in [0, 0.05) is 25.5 Å². The molecule has 128 valence electrons. The minimum atomic E-state index is -0.436. The molecule has 1 heterocycles. The van der Waals surface area contributed by atoms with E-state index >= 15 is 0 Å². The molecule has 0 spiro atoms. The number of hydrogen-bond donors (Lipinski definition) is 0. The quantitative estimate of drug-likeness (QED) is 0.782. The molecule has 24 heavy (non-hydrogen) atoms. The predicted octanol–water partition coefficient (Wildman–Crippen LogP) is 3.26. The summed E-state index contributed by atoms with van der Waals surface area (Å²) < 4.78 is 13.2. The number of nitrogens with zero attached hydrogens (tertiary/aromatic N) is 3. The van der Waals surface area contributed by atoms with Crippen molar-refractivity contribution in [1.29, 1.82) is 0 Å². The molecule has 0 unspecified atom stereocenters. The third-order valence-corrected chi connectivity index (χ3v) is 3.84. The molecular formula is C19H24FN3O. The second-order valence-electron chi connectivity index (χ2n) is 6.04. The molecule has 1 aromatic heterocycles. The van der Waals surface area contributed by atoms with Gasteiger partial charge in [-0.1, -0.05) is 25.1 Å². The first kappa shape index (κ1) is 18.1. The van der Waals surface area contributed by atoms with E-state index < -0.39 is 6.04 Å². The highest BCUT2D eigenvalue weighted by atomic mass is 19.1. The highest BCUT2D eigenvalue weighted by Crippen LogP contribution is 2.22. The summed E-state index contributed by atoms with van der Waals surface area (Å²) >= 11 is 0. The van der Waals surface area contributed by atoms with E-state index in [0.717, 1.165) is 17.5 Å². The molecule has 0 saturated heterocycles. The number of halogens is 1. The molecule has 1 aromatic carbocycles. The number of hydrogen-bond acceptors (Lipinski definition) is 3. The molecule has 0 fully saturated rings. The Morgan fingerprint density at radius 1 is 1.21 bits per heavy atom. The molecule has 0 aliphatic carbocycles. The second-order valence-corrected chi connectivity index (χ2v) is 6.04. The van der Waals surface area contributed by atoms with E-state index in [-0.39, 0.29) is 11.7 Å². The Bertz CT molecular complexity index is 643. The van der Waals surface area contributed by atoms with Gasteiger partial charge in [-0.3, -0.25) is 14.7 Å². The van der Waals surface area contributed by atoms with Crippen molar-refractivity contribution in [3.05, 3.63) is 65.7 Å². The Morgan fingerprint density at radius 2 is 1.92 bits per heavy atom. The zero-order chi connectivity index (χ0) is 17.5. The number of carbonyl (C=O) groups is 1.